The lowest BCUT2D eigenvalue weighted by Gasteiger charge is -2.23. The van der Waals surface area contributed by atoms with Crippen LogP contribution in [0.15, 0.2) is 36.4 Å². The van der Waals surface area contributed by atoms with Crippen molar-refractivity contribution in [2.45, 2.75) is 25.0 Å². The molecule has 3 aliphatic rings. The number of methoxy groups -OCH3 is 1. The van der Waals surface area contributed by atoms with Gasteiger partial charge in [-0.3, -0.25) is 9.59 Å². The fourth-order valence-corrected chi connectivity index (χ4v) is 4.12. The molecular formula is C19H21NO5. The van der Waals surface area contributed by atoms with Crippen LogP contribution in [0.5, 0.6) is 5.75 Å². The van der Waals surface area contributed by atoms with Crippen molar-refractivity contribution in [3.63, 3.8) is 0 Å². The van der Waals surface area contributed by atoms with E-state index >= 15 is 0 Å². The third-order valence-electron chi connectivity index (χ3n) is 5.20. The second kappa shape index (κ2) is 5.88. The Morgan fingerprint density at radius 3 is 2.96 bits per heavy atom. The highest BCUT2D eigenvalue weighted by Gasteiger charge is 2.67. The van der Waals surface area contributed by atoms with Crippen LogP contribution in [0.4, 0.5) is 5.69 Å². The van der Waals surface area contributed by atoms with Gasteiger partial charge in [0, 0.05) is 0 Å². The molecule has 3 heterocycles. The highest BCUT2D eigenvalue weighted by Crippen LogP contribution is 2.53. The average Bonchev–Trinajstić information content (AvgIpc) is 3.28. The fraction of sp³-hybridized carbons (Fsp3) is 0.474. The highest BCUT2D eigenvalue weighted by molar-refractivity contribution is 6.03. The first-order valence-electron chi connectivity index (χ1n) is 8.59. The lowest BCUT2D eigenvalue weighted by molar-refractivity contribution is -0.152. The van der Waals surface area contributed by atoms with Crippen LogP contribution < -0.4 is 9.64 Å². The molecular weight excluding hydrogens is 322 g/mol. The molecule has 2 fully saturated rings. The van der Waals surface area contributed by atoms with Crippen LogP contribution in [-0.4, -0.2) is 43.8 Å². The Morgan fingerprint density at radius 1 is 1.40 bits per heavy atom. The van der Waals surface area contributed by atoms with Crippen molar-refractivity contribution in [3.05, 3.63) is 36.4 Å². The number of carbonyl (C=O) groups excluding carboxylic acids is 2. The molecule has 1 spiro atoms. The SMILES string of the molecule is CCCOC(=O)[C@@H]1[C@H]2C=C[C@@]3(CN(c4ccccc4OC)C(=O)[C@@H]13)O2. The van der Waals surface area contributed by atoms with E-state index in [0.29, 0.717) is 24.6 Å². The van der Waals surface area contributed by atoms with Crippen LogP contribution in [0.25, 0.3) is 0 Å². The van der Waals surface area contributed by atoms with Crippen LogP contribution >= 0.6 is 0 Å². The number of ether oxygens (including phenoxy) is 3. The zero-order valence-corrected chi connectivity index (χ0v) is 14.3. The quantitative estimate of drug-likeness (QED) is 0.604. The molecule has 6 nitrogen and oxygen atoms in total. The first-order chi connectivity index (χ1) is 12.1. The molecule has 1 aromatic rings. The minimum Gasteiger partial charge on any atom is -0.495 e. The van der Waals surface area contributed by atoms with Crippen molar-refractivity contribution in [1.82, 2.24) is 0 Å². The van der Waals surface area contributed by atoms with E-state index in [4.69, 9.17) is 14.2 Å². The van der Waals surface area contributed by atoms with Crippen LogP contribution in [0.1, 0.15) is 13.3 Å². The monoisotopic (exact) mass is 343 g/mol. The van der Waals surface area contributed by atoms with Gasteiger partial charge in [-0.1, -0.05) is 31.2 Å². The van der Waals surface area contributed by atoms with Gasteiger partial charge in [0.2, 0.25) is 5.91 Å². The molecule has 132 valence electrons. The Hall–Kier alpha value is -2.34. The van der Waals surface area contributed by atoms with Crippen LogP contribution in [0, 0.1) is 11.8 Å². The van der Waals surface area contributed by atoms with Gasteiger partial charge in [0.15, 0.2) is 0 Å². The van der Waals surface area contributed by atoms with Gasteiger partial charge in [-0.05, 0) is 18.6 Å². The Balaban J connectivity index is 1.67. The maximum Gasteiger partial charge on any atom is 0.312 e. The van der Waals surface area contributed by atoms with Gasteiger partial charge in [-0.15, -0.1) is 0 Å². The number of hydrogen-bond acceptors (Lipinski definition) is 5. The standard InChI is InChI=1S/C19H21NO5/c1-3-10-24-18(22)15-14-8-9-19(25-14)11-20(17(21)16(15)19)12-6-4-5-7-13(12)23-2/h4-9,14-16H,3,10-11H2,1-2H3/t14-,15-,16-,19+/m1/s1. The van der Waals surface area contributed by atoms with Gasteiger partial charge in [-0.25, -0.2) is 0 Å². The Labute approximate surface area is 146 Å². The van der Waals surface area contributed by atoms with Crippen LogP contribution in [-0.2, 0) is 19.1 Å². The van der Waals surface area contributed by atoms with Gasteiger partial charge >= 0.3 is 5.97 Å². The molecule has 0 aliphatic carbocycles. The first-order valence-corrected chi connectivity index (χ1v) is 8.59. The lowest BCUT2D eigenvalue weighted by atomic mass is 9.77. The molecule has 2 bridgehead atoms. The van der Waals surface area contributed by atoms with E-state index in [2.05, 4.69) is 0 Å². The van der Waals surface area contributed by atoms with Crippen molar-refractivity contribution in [3.8, 4) is 5.75 Å². The van der Waals surface area contributed by atoms with E-state index in [9.17, 15) is 9.59 Å². The van der Waals surface area contributed by atoms with Crippen LogP contribution in [0.3, 0.4) is 0 Å². The molecule has 3 aliphatic heterocycles. The largest absolute Gasteiger partial charge is 0.495 e. The fourth-order valence-electron chi connectivity index (χ4n) is 4.12. The topological polar surface area (TPSA) is 65.1 Å². The predicted molar refractivity (Wildman–Crippen MR) is 90.3 cm³/mol. The minimum absolute atomic E-state index is 0.116. The summed E-state index contributed by atoms with van der Waals surface area (Å²) in [6.07, 6.45) is 4.18. The number of benzene rings is 1. The number of hydrogen-bond donors (Lipinski definition) is 0. The van der Waals surface area contributed by atoms with Crippen LogP contribution in [0.2, 0.25) is 0 Å². The smallest absolute Gasteiger partial charge is 0.312 e. The maximum absolute atomic E-state index is 13.2. The van der Waals surface area contributed by atoms with E-state index in [1.807, 2.05) is 43.3 Å². The van der Waals surface area contributed by atoms with Crippen molar-refractivity contribution in [2.75, 3.05) is 25.2 Å². The maximum atomic E-state index is 13.2. The van der Waals surface area contributed by atoms with Crippen molar-refractivity contribution < 1.29 is 23.8 Å². The van der Waals surface area contributed by atoms with E-state index in [1.165, 1.54) is 0 Å². The molecule has 0 saturated carbocycles. The van der Waals surface area contributed by atoms with Gasteiger partial charge < -0.3 is 19.1 Å². The molecule has 0 unspecified atom stereocenters. The molecule has 4 atom stereocenters. The second-order valence-corrected chi connectivity index (χ2v) is 6.66. The molecule has 6 heteroatoms. The van der Waals surface area contributed by atoms with Crippen molar-refractivity contribution >= 4 is 17.6 Å². The summed E-state index contributed by atoms with van der Waals surface area (Å²) in [5.74, 6) is -0.968. The van der Waals surface area contributed by atoms with Crippen molar-refractivity contribution in [2.24, 2.45) is 11.8 Å². The summed E-state index contributed by atoms with van der Waals surface area (Å²) in [4.78, 5) is 27.4. The summed E-state index contributed by atoms with van der Waals surface area (Å²) in [6.45, 7) is 2.67. The molecule has 25 heavy (non-hydrogen) atoms. The lowest BCUT2D eigenvalue weighted by Crippen LogP contribution is -2.40. The Morgan fingerprint density at radius 2 is 2.20 bits per heavy atom. The average molecular weight is 343 g/mol. The molecule has 0 N–H and O–H groups in total. The van der Waals surface area contributed by atoms with E-state index in [0.717, 1.165) is 6.42 Å². The van der Waals surface area contributed by atoms with Gasteiger partial charge in [-0.2, -0.15) is 0 Å². The summed E-state index contributed by atoms with van der Waals surface area (Å²) < 4.78 is 16.8. The third-order valence-corrected chi connectivity index (χ3v) is 5.20. The number of carbonyl (C=O) groups is 2. The molecule has 0 aromatic heterocycles. The predicted octanol–water partition coefficient (Wildman–Crippen LogP) is 1.93. The third kappa shape index (κ3) is 2.28. The summed E-state index contributed by atoms with van der Waals surface area (Å²) in [7, 11) is 1.57. The number of para-hydroxylation sites is 2. The Kier molecular flexibility index (Phi) is 3.80. The summed E-state index contributed by atoms with van der Waals surface area (Å²) in [6, 6.07) is 7.37. The van der Waals surface area contributed by atoms with Gasteiger partial charge in [0.25, 0.3) is 0 Å². The molecule has 0 radical (unpaired) electrons. The number of esters is 1. The second-order valence-electron chi connectivity index (χ2n) is 6.66. The van der Waals surface area contributed by atoms with Crippen molar-refractivity contribution in [1.29, 1.82) is 0 Å². The molecule has 1 amide bonds. The zero-order chi connectivity index (χ0) is 17.6. The molecule has 1 aromatic carbocycles. The summed E-state index contributed by atoms with van der Waals surface area (Å²) >= 11 is 0. The van der Waals surface area contributed by atoms with Gasteiger partial charge in [0.1, 0.15) is 17.3 Å². The normalized spacial score (nSPS) is 32.2. The highest BCUT2D eigenvalue weighted by atomic mass is 16.6. The van der Waals surface area contributed by atoms with E-state index in [-0.39, 0.29) is 18.0 Å². The number of anilines is 1. The zero-order valence-electron chi connectivity index (χ0n) is 14.3. The Bertz CT molecular complexity index is 745. The van der Waals surface area contributed by atoms with E-state index in [1.54, 1.807) is 12.0 Å². The molecule has 2 saturated heterocycles. The molecule has 4 rings (SSSR count). The number of fused-ring (bicyclic) bond motifs is 1. The summed E-state index contributed by atoms with van der Waals surface area (Å²) in [5.41, 5.74) is -0.0571. The van der Waals surface area contributed by atoms with E-state index < -0.39 is 17.4 Å². The number of nitrogens with zero attached hydrogens (tertiary/aromatic N) is 1. The van der Waals surface area contributed by atoms with Gasteiger partial charge in [0.05, 0.1) is 38.0 Å². The number of rotatable bonds is 5. The number of amides is 1. The summed E-state index contributed by atoms with van der Waals surface area (Å²) in [5, 5.41) is 0. The first kappa shape index (κ1) is 16.1. The minimum atomic E-state index is -0.751.